The fourth-order valence-corrected chi connectivity index (χ4v) is 2.45. The van der Waals surface area contributed by atoms with Gasteiger partial charge in [-0.3, -0.25) is 0 Å². The van der Waals surface area contributed by atoms with E-state index in [1.807, 2.05) is 18.2 Å². The van der Waals surface area contributed by atoms with Gasteiger partial charge in [0, 0.05) is 18.0 Å². The molecule has 1 aromatic carbocycles. The molecular weight excluding hydrogens is 280 g/mol. The minimum atomic E-state index is 0.142. The number of aliphatic hydroxyl groups excluding tert-OH is 1. The lowest BCUT2D eigenvalue weighted by atomic mass is 10.1. The molecule has 0 amide bonds. The number of fused-ring (bicyclic) bond motifs is 1. The van der Waals surface area contributed by atoms with E-state index in [0.717, 1.165) is 35.9 Å². The molecule has 0 bridgehead atoms. The van der Waals surface area contributed by atoms with Crippen LogP contribution in [0.1, 0.15) is 32.6 Å². The number of aliphatic hydroxyl groups is 1. The standard InChI is InChI=1S/C16H24N4O2/c1-3-4-5-11(8-9-21)18-15-13-10-12(22-2)6-7-14(13)19-16(17)20-15/h6-7,10-11,21H,3-5,8-9H2,1-2H3,(H3,17,18,19,20)/t11-/m1/s1. The quantitative estimate of drug-likeness (QED) is 0.694. The summed E-state index contributed by atoms with van der Waals surface area (Å²) in [5.41, 5.74) is 6.57. The van der Waals surface area contributed by atoms with Gasteiger partial charge in [0.2, 0.25) is 5.95 Å². The molecule has 2 aromatic rings. The summed E-state index contributed by atoms with van der Waals surface area (Å²) in [4.78, 5) is 8.57. The van der Waals surface area contributed by atoms with E-state index < -0.39 is 0 Å². The molecule has 6 nitrogen and oxygen atoms in total. The topological polar surface area (TPSA) is 93.3 Å². The number of nitrogens with one attached hydrogen (secondary N) is 1. The molecule has 0 aliphatic carbocycles. The van der Waals surface area contributed by atoms with Crippen LogP contribution >= 0.6 is 0 Å². The summed E-state index contributed by atoms with van der Waals surface area (Å²) in [5, 5.41) is 13.5. The molecule has 1 atom stereocenters. The van der Waals surface area contributed by atoms with Crippen molar-refractivity contribution in [2.75, 3.05) is 24.8 Å². The van der Waals surface area contributed by atoms with Crippen molar-refractivity contribution in [1.29, 1.82) is 0 Å². The van der Waals surface area contributed by atoms with Gasteiger partial charge in [-0.15, -0.1) is 0 Å². The maximum absolute atomic E-state index is 9.25. The molecule has 1 aromatic heterocycles. The Kier molecular flexibility index (Phi) is 5.77. The Balaban J connectivity index is 2.34. The van der Waals surface area contributed by atoms with Gasteiger partial charge in [-0.1, -0.05) is 19.8 Å². The number of benzene rings is 1. The minimum Gasteiger partial charge on any atom is -0.497 e. The van der Waals surface area contributed by atoms with Crippen molar-refractivity contribution in [3.63, 3.8) is 0 Å². The lowest BCUT2D eigenvalue weighted by molar-refractivity contribution is 0.276. The predicted molar refractivity (Wildman–Crippen MR) is 89.1 cm³/mol. The SMILES string of the molecule is CCCC[C@H](CCO)Nc1nc(N)nc2ccc(OC)cc12. The van der Waals surface area contributed by atoms with Crippen LogP contribution in [0.25, 0.3) is 10.9 Å². The number of rotatable bonds is 8. The summed E-state index contributed by atoms with van der Waals surface area (Å²) < 4.78 is 5.27. The van der Waals surface area contributed by atoms with Crippen molar-refractivity contribution in [1.82, 2.24) is 9.97 Å². The second kappa shape index (κ2) is 7.79. The number of anilines is 2. The molecule has 4 N–H and O–H groups in total. The fourth-order valence-electron chi connectivity index (χ4n) is 2.45. The number of unbranched alkanes of at least 4 members (excludes halogenated alkanes) is 1. The molecule has 0 spiro atoms. The molecule has 0 saturated heterocycles. The summed E-state index contributed by atoms with van der Waals surface area (Å²) in [7, 11) is 1.63. The van der Waals surface area contributed by atoms with Crippen molar-refractivity contribution >= 4 is 22.7 Å². The molecule has 0 saturated carbocycles. The van der Waals surface area contributed by atoms with E-state index >= 15 is 0 Å². The number of hydrogen-bond donors (Lipinski definition) is 3. The maximum atomic E-state index is 9.25. The van der Waals surface area contributed by atoms with Crippen molar-refractivity contribution < 1.29 is 9.84 Å². The number of nitrogens with two attached hydrogens (primary N) is 1. The first-order valence-electron chi connectivity index (χ1n) is 7.66. The highest BCUT2D eigenvalue weighted by Crippen LogP contribution is 2.27. The third-order valence-corrected chi connectivity index (χ3v) is 3.64. The summed E-state index contributed by atoms with van der Waals surface area (Å²) in [6, 6.07) is 5.77. The third kappa shape index (κ3) is 3.98. The smallest absolute Gasteiger partial charge is 0.222 e. The van der Waals surface area contributed by atoms with E-state index in [1.165, 1.54) is 0 Å². The molecule has 0 aliphatic heterocycles. The highest BCUT2D eigenvalue weighted by atomic mass is 16.5. The van der Waals surface area contributed by atoms with E-state index in [0.29, 0.717) is 12.2 Å². The average Bonchev–Trinajstić information content (AvgIpc) is 2.52. The maximum Gasteiger partial charge on any atom is 0.222 e. The second-order valence-electron chi connectivity index (χ2n) is 5.31. The average molecular weight is 304 g/mol. The van der Waals surface area contributed by atoms with Gasteiger partial charge in [0.25, 0.3) is 0 Å². The van der Waals surface area contributed by atoms with Crippen molar-refractivity contribution in [3.05, 3.63) is 18.2 Å². The van der Waals surface area contributed by atoms with Crippen molar-refractivity contribution in [3.8, 4) is 5.75 Å². The largest absolute Gasteiger partial charge is 0.497 e. The highest BCUT2D eigenvalue weighted by Gasteiger charge is 2.13. The van der Waals surface area contributed by atoms with Gasteiger partial charge in [-0.2, -0.15) is 4.98 Å². The molecule has 1 heterocycles. The van der Waals surface area contributed by atoms with Crippen LogP contribution in [0.4, 0.5) is 11.8 Å². The number of aromatic nitrogens is 2. The first-order valence-corrected chi connectivity index (χ1v) is 7.66. The first-order chi connectivity index (χ1) is 10.7. The van der Waals surface area contributed by atoms with Gasteiger partial charge < -0.3 is 20.9 Å². The van der Waals surface area contributed by atoms with E-state index in [-0.39, 0.29) is 18.6 Å². The minimum absolute atomic E-state index is 0.142. The zero-order valence-corrected chi connectivity index (χ0v) is 13.2. The number of nitrogens with zero attached hydrogens (tertiary/aromatic N) is 2. The van der Waals surface area contributed by atoms with Crippen LogP contribution in [-0.4, -0.2) is 34.8 Å². The normalized spacial score (nSPS) is 12.3. The van der Waals surface area contributed by atoms with Gasteiger partial charge in [-0.05, 0) is 31.0 Å². The van der Waals surface area contributed by atoms with Crippen molar-refractivity contribution in [2.45, 2.75) is 38.6 Å². The summed E-state index contributed by atoms with van der Waals surface area (Å²) in [6.07, 6.45) is 3.87. The lowest BCUT2D eigenvalue weighted by Gasteiger charge is -2.19. The molecule has 22 heavy (non-hydrogen) atoms. The second-order valence-corrected chi connectivity index (χ2v) is 5.31. The highest BCUT2D eigenvalue weighted by molar-refractivity contribution is 5.91. The monoisotopic (exact) mass is 304 g/mol. The number of ether oxygens (including phenoxy) is 1. The number of hydrogen-bond acceptors (Lipinski definition) is 6. The van der Waals surface area contributed by atoms with Gasteiger partial charge in [0.15, 0.2) is 0 Å². The fraction of sp³-hybridized carbons (Fsp3) is 0.500. The van der Waals surface area contributed by atoms with E-state index in [1.54, 1.807) is 7.11 Å². The third-order valence-electron chi connectivity index (χ3n) is 3.64. The number of methoxy groups -OCH3 is 1. The van der Waals surface area contributed by atoms with Crippen LogP contribution in [0, 0.1) is 0 Å². The number of nitrogen functional groups attached to an aromatic ring is 1. The Bertz CT molecular complexity index is 618. The molecule has 0 radical (unpaired) electrons. The molecule has 2 rings (SSSR count). The van der Waals surface area contributed by atoms with Crippen LogP contribution in [-0.2, 0) is 0 Å². The van der Waals surface area contributed by atoms with Crippen LogP contribution < -0.4 is 15.8 Å². The summed E-state index contributed by atoms with van der Waals surface area (Å²) in [5.74, 6) is 1.67. The van der Waals surface area contributed by atoms with Crippen LogP contribution in [0.5, 0.6) is 5.75 Å². The van der Waals surface area contributed by atoms with Gasteiger partial charge in [0.05, 0.1) is 12.6 Å². The van der Waals surface area contributed by atoms with E-state index in [4.69, 9.17) is 10.5 Å². The van der Waals surface area contributed by atoms with Crippen LogP contribution in [0.2, 0.25) is 0 Å². The van der Waals surface area contributed by atoms with Crippen LogP contribution in [0.3, 0.4) is 0 Å². The van der Waals surface area contributed by atoms with Crippen LogP contribution in [0.15, 0.2) is 18.2 Å². The zero-order valence-electron chi connectivity index (χ0n) is 13.2. The molecular formula is C16H24N4O2. The van der Waals surface area contributed by atoms with Gasteiger partial charge in [0.1, 0.15) is 11.6 Å². The summed E-state index contributed by atoms with van der Waals surface area (Å²) in [6.45, 7) is 2.29. The molecule has 120 valence electrons. The lowest BCUT2D eigenvalue weighted by Crippen LogP contribution is -2.22. The Morgan fingerprint density at radius 2 is 2.14 bits per heavy atom. The Hall–Kier alpha value is -2.08. The van der Waals surface area contributed by atoms with Gasteiger partial charge in [-0.25, -0.2) is 4.98 Å². The summed E-state index contributed by atoms with van der Waals surface area (Å²) >= 11 is 0. The molecule has 0 unspecified atom stereocenters. The zero-order chi connectivity index (χ0) is 15.9. The first kappa shape index (κ1) is 16.3. The molecule has 0 aliphatic rings. The molecule has 0 fully saturated rings. The van der Waals surface area contributed by atoms with E-state index in [2.05, 4.69) is 22.2 Å². The van der Waals surface area contributed by atoms with Gasteiger partial charge >= 0.3 is 0 Å². The Morgan fingerprint density at radius 3 is 2.82 bits per heavy atom. The van der Waals surface area contributed by atoms with Crippen molar-refractivity contribution in [2.24, 2.45) is 0 Å². The van der Waals surface area contributed by atoms with E-state index in [9.17, 15) is 5.11 Å². The predicted octanol–water partition coefficient (Wildman–Crippen LogP) is 2.57. The Labute approximate surface area is 130 Å². The Morgan fingerprint density at radius 1 is 1.32 bits per heavy atom. The molecule has 6 heteroatoms.